The lowest BCUT2D eigenvalue weighted by Gasteiger charge is -2.07. The predicted molar refractivity (Wildman–Crippen MR) is 96.6 cm³/mol. The van der Waals surface area contributed by atoms with E-state index in [0.29, 0.717) is 5.02 Å². The summed E-state index contributed by atoms with van der Waals surface area (Å²) in [5.41, 5.74) is 4.87. The van der Waals surface area contributed by atoms with Crippen molar-refractivity contribution in [3.8, 4) is 11.3 Å². The van der Waals surface area contributed by atoms with E-state index in [-0.39, 0.29) is 0 Å². The summed E-state index contributed by atoms with van der Waals surface area (Å²) in [5.74, 6) is 0. The normalized spacial score (nSPS) is 11.2. The molecule has 0 aliphatic rings. The second-order valence-electron chi connectivity index (χ2n) is 5.51. The van der Waals surface area contributed by atoms with Gasteiger partial charge in [0.25, 0.3) is 0 Å². The van der Waals surface area contributed by atoms with Gasteiger partial charge in [-0.1, -0.05) is 42.5 Å². The Morgan fingerprint density at radius 3 is 2.83 bits per heavy atom. The Labute approximate surface area is 138 Å². The van der Waals surface area contributed by atoms with Gasteiger partial charge in [-0.3, -0.25) is 4.68 Å². The minimum absolute atomic E-state index is 0.701. The number of pyridine rings is 1. The average molecular weight is 320 g/mol. The number of aromatic nitrogens is 3. The molecule has 0 aliphatic carbocycles. The fourth-order valence-electron chi connectivity index (χ4n) is 2.80. The fourth-order valence-corrected chi connectivity index (χ4v) is 3.06. The third kappa shape index (κ3) is 2.30. The SMILES string of the molecule is C=Cc1ccc2c(Cl)cc(-c3ccc4c(cnn4C)c3)nc2c1. The number of fused-ring (bicyclic) bond motifs is 2. The zero-order valence-corrected chi connectivity index (χ0v) is 13.4. The molecule has 3 nitrogen and oxygen atoms in total. The van der Waals surface area contributed by atoms with Gasteiger partial charge in [0.05, 0.1) is 27.9 Å². The lowest BCUT2D eigenvalue weighted by Crippen LogP contribution is -1.90. The van der Waals surface area contributed by atoms with Crippen LogP contribution in [0, 0.1) is 0 Å². The molecule has 0 fully saturated rings. The molecule has 4 aromatic rings. The quantitative estimate of drug-likeness (QED) is 0.515. The Hall–Kier alpha value is -2.65. The van der Waals surface area contributed by atoms with Gasteiger partial charge in [-0.2, -0.15) is 5.10 Å². The monoisotopic (exact) mass is 319 g/mol. The van der Waals surface area contributed by atoms with E-state index in [2.05, 4.69) is 23.8 Å². The molecule has 2 heterocycles. The molecule has 0 unspecified atom stereocenters. The maximum absolute atomic E-state index is 6.45. The van der Waals surface area contributed by atoms with E-state index in [1.165, 1.54) is 0 Å². The Morgan fingerprint density at radius 2 is 2.00 bits per heavy atom. The van der Waals surface area contributed by atoms with Gasteiger partial charge in [0.2, 0.25) is 0 Å². The number of halogens is 1. The molecule has 0 atom stereocenters. The summed E-state index contributed by atoms with van der Waals surface area (Å²) in [4.78, 5) is 4.77. The molecule has 0 spiro atoms. The summed E-state index contributed by atoms with van der Waals surface area (Å²) in [6.45, 7) is 3.81. The first-order chi connectivity index (χ1) is 11.2. The van der Waals surface area contributed by atoms with E-state index < -0.39 is 0 Å². The van der Waals surface area contributed by atoms with Crippen LogP contribution >= 0.6 is 11.6 Å². The van der Waals surface area contributed by atoms with Crippen LogP contribution in [-0.4, -0.2) is 14.8 Å². The Bertz CT molecular complexity index is 1060. The number of nitrogens with zero attached hydrogens (tertiary/aromatic N) is 3. The summed E-state index contributed by atoms with van der Waals surface area (Å²) < 4.78 is 1.86. The van der Waals surface area contributed by atoms with Gasteiger partial charge in [0.15, 0.2) is 0 Å². The molecule has 23 heavy (non-hydrogen) atoms. The van der Waals surface area contributed by atoms with Crippen LogP contribution in [0.3, 0.4) is 0 Å². The minimum atomic E-state index is 0.701. The van der Waals surface area contributed by atoms with Gasteiger partial charge in [0, 0.05) is 23.4 Å². The topological polar surface area (TPSA) is 30.7 Å². The van der Waals surface area contributed by atoms with Gasteiger partial charge < -0.3 is 0 Å². The molecule has 4 heteroatoms. The van der Waals surface area contributed by atoms with Crippen LogP contribution in [-0.2, 0) is 7.05 Å². The summed E-state index contributed by atoms with van der Waals surface area (Å²) in [5, 5.41) is 7.01. The van der Waals surface area contributed by atoms with Crippen LogP contribution in [0.2, 0.25) is 5.02 Å². The maximum atomic E-state index is 6.45. The summed E-state index contributed by atoms with van der Waals surface area (Å²) in [6.07, 6.45) is 3.67. The van der Waals surface area contributed by atoms with Gasteiger partial charge >= 0.3 is 0 Å². The lowest BCUT2D eigenvalue weighted by atomic mass is 10.1. The zero-order chi connectivity index (χ0) is 16.0. The highest BCUT2D eigenvalue weighted by molar-refractivity contribution is 6.35. The maximum Gasteiger partial charge on any atom is 0.0730 e. The van der Waals surface area contributed by atoms with Crippen molar-refractivity contribution in [2.45, 2.75) is 0 Å². The van der Waals surface area contributed by atoms with Crippen molar-refractivity contribution < 1.29 is 0 Å². The molecule has 0 bridgehead atoms. The van der Waals surface area contributed by atoms with Crippen molar-refractivity contribution >= 4 is 39.5 Å². The molecule has 0 saturated carbocycles. The van der Waals surface area contributed by atoms with E-state index in [9.17, 15) is 0 Å². The number of benzene rings is 2. The molecule has 0 aliphatic heterocycles. The van der Waals surface area contributed by atoms with Crippen molar-refractivity contribution in [3.05, 3.63) is 65.8 Å². The third-order valence-corrected chi connectivity index (χ3v) is 4.37. The third-order valence-electron chi connectivity index (χ3n) is 4.06. The molecule has 0 amide bonds. The summed E-state index contributed by atoms with van der Waals surface area (Å²) in [6, 6.07) is 14.1. The highest BCUT2D eigenvalue weighted by atomic mass is 35.5. The van der Waals surface area contributed by atoms with E-state index in [0.717, 1.165) is 38.6 Å². The lowest BCUT2D eigenvalue weighted by molar-refractivity contribution is 0.797. The fraction of sp³-hybridized carbons (Fsp3) is 0.0526. The molecular formula is C19H14ClN3. The van der Waals surface area contributed by atoms with Crippen LogP contribution in [0.4, 0.5) is 0 Å². The first-order valence-electron chi connectivity index (χ1n) is 7.30. The zero-order valence-electron chi connectivity index (χ0n) is 12.6. The first-order valence-corrected chi connectivity index (χ1v) is 7.68. The first kappa shape index (κ1) is 14.0. The molecule has 0 saturated heterocycles. The molecule has 0 N–H and O–H groups in total. The molecule has 2 aromatic heterocycles. The number of rotatable bonds is 2. The Morgan fingerprint density at radius 1 is 1.13 bits per heavy atom. The van der Waals surface area contributed by atoms with E-state index >= 15 is 0 Å². The van der Waals surface area contributed by atoms with Crippen molar-refractivity contribution in [2.24, 2.45) is 7.05 Å². The van der Waals surface area contributed by atoms with Crippen LogP contribution in [0.25, 0.3) is 39.1 Å². The van der Waals surface area contributed by atoms with Gasteiger partial charge in [-0.25, -0.2) is 4.98 Å². The highest BCUT2D eigenvalue weighted by Crippen LogP contribution is 2.30. The molecule has 2 aromatic carbocycles. The van der Waals surface area contributed by atoms with Crippen molar-refractivity contribution in [1.82, 2.24) is 14.8 Å². The molecule has 112 valence electrons. The number of hydrogen-bond donors (Lipinski definition) is 0. The van der Waals surface area contributed by atoms with Gasteiger partial charge in [0.1, 0.15) is 0 Å². The van der Waals surface area contributed by atoms with Crippen LogP contribution in [0.5, 0.6) is 0 Å². The van der Waals surface area contributed by atoms with Gasteiger partial charge in [-0.15, -0.1) is 0 Å². The van der Waals surface area contributed by atoms with E-state index in [1.54, 1.807) is 0 Å². The predicted octanol–water partition coefficient (Wildman–Crippen LogP) is 5.08. The molecular weight excluding hydrogens is 306 g/mol. The molecule has 0 radical (unpaired) electrons. The smallest absolute Gasteiger partial charge is 0.0730 e. The van der Waals surface area contributed by atoms with Gasteiger partial charge in [-0.05, 0) is 29.8 Å². The largest absolute Gasteiger partial charge is 0.268 e. The summed E-state index contributed by atoms with van der Waals surface area (Å²) >= 11 is 6.45. The second-order valence-corrected chi connectivity index (χ2v) is 5.92. The molecule has 4 rings (SSSR count). The number of aryl methyl sites for hydroxylation is 1. The van der Waals surface area contributed by atoms with Crippen molar-refractivity contribution in [3.63, 3.8) is 0 Å². The standard InChI is InChI=1S/C19H14ClN3/c1-3-12-4-6-15-16(20)10-17(22-18(15)8-12)13-5-7-19-14(9-13)11-21-23(19)2/h3-11H,1H2,2H3. The van der Waals surface area contributed by atoms with Crippen LogP contribution in [0.15, 0.2) is 55.2 Å². The highest BCUT2D eigenvalue weighted by Gasteiger charge is 2.08. The van der Waals surface area contributed by atoms with Crippen molar-refractivity contribution in [1.29, 1.82) is 0 Å². The Balaban J connectivity index is 1.93. The number of hydrogen-bond acceptors (Lipinski definition) is 2. The summed E-state index contributed by atoms with van der Waals surface area (Å²) in [7, 11) is 1.93. The second kappa shape index (κ2) is 5.21. The van der Waals surface area contributed by atoms with E-state index in [1.807, 2.05) is 54.3 Å². The average Bonchev–Trinajstić information content (AvgIpc) is 2.95. The van der Waals surface area contributed by atoms with Crippen molar-refractivity contribution in [2.75, 3.05) is 0 Å². The Kier molecular flexibility index (Phi) is 3.17. The van der Waals surface area contributed by atoms with Crippen LogP contribution in [0.1, 0.15) is 5.56 Å². The van der Waals surface area contributed by atoms with Crippen LogP contribution < -0.4 is 0 Å². The minimum Gasteiger partial charge on any atom is -0.268 e. The van der Waals surface area contributed by atoms with E-state index in [4.69, 9.17) is 16.6 Å².